The molecule has 1 aromatic rings. The average molecular weight is 300 g/mol. The zero-order valence-corrected chi connectivity index (χ0v) is 11.9. The van der Waals surface area contributed by atoms with Gasteiger partial charge in [0.25, 0.3) is 0 Å². The summed E-state index contributed by atoms with van der Waals surface area (Å²) in [7, 11) is 1.72. The van der Waals surface area contributed by atoms with E-state index < -0.39 is 37.1 Å². The Balaban J connectivity index is 2.17. The number of hydrogen-bond donors (Lipinski definition) is 4. The molecule has 4 N–H and O–H groups in total. The number of aliphatic hydroxyl groups excluding tert-OH is 3. The molecular formula is C12H20N4O5. The molecule has 0 bridgehead atoms. The predicted octanol–water partition coefficient (Wildman–Crippen LogP) is -2.66. The molecule has 0 spiro atoms. The molecule has 0 radical (unpaired) electrons. The van der Waals surface area contributed by atoms with Crippen molar-refractivity contribution in [2.24, 2.45) is 7.05 Å². The molecule has 1 unspecified atom stereocenters. The van der Waals surface area contributed by atoms with Gasteiger partial charge in [0.05, 0.1) is 24.4 Å². The van der Waals surface area contributed by atoms with Gasteiger partial charge in [0.2, 0.25) is 5.91 Å². The van der Waals surface area contributed by atoms with Crippen LogP contribution in [0.4, 0.5) is 0 Å². The maximum Gasteiger partial charge on any atom is 0.217 e. The lowest BCUT2D eigenvalue weighted by molar-refractivity contribution is -0.194. The topological polar surface area (TPSA) is 130 Å². The number of carbonyl (C=O) groups is 1. The fourth-order valence-electron chi connectivity index (χ4n) is 2.48. The standard InChI is InChI=1S/C12H20N4O5/c1-6(18)13-10-8(3-7-4-16(2)15-14-7)21-9(5-17)11(19)12(10)20/h4,8-12,17,19-20H,3,5H2,1-2H3,(H,13,18)/t8-,9+,10?,11-,12+/m0/s1. The van der Waals surface area contributed by atoms with Crippen molar-refractivity contribution in [1.29, 1.82) is 0 Å². The molecule has 1 amide bonds. The summed E-state index contributed by atoms with van der Waals surface area (Å²) in [5, 5.41) is 39.6. The van der Waals surface area contributed by atoms with Crippen LogP contribution in [0.15, 0.2) is 6.20 Å². The molecule has 0 aliphatic carbocycles. The van der Waals surface area contributed by atoms with Crippen LogP contribution in [0.1, 0.15) is 12.6 Å². The van der Waals surface area contributed by atoms with Gasteiger partial charge in [-0.2, -0.15) is 0 Å². The van der Waals surface area contributed by atoms with E-state index in [4.69, 9.17) is 4.74 Å². The number of aryl methyl sites for hydroxylation is 1. The molecule has 118 valence electrons. The van der Waals surface area contributed by atoms with E-state index in [0.717, 1.165) is 0 Å². The van der Waals surface area contributed by atoms with E-state index in [9.17, 15) is 20.1 Å². The third-order valence-corrected chi connectivity index (χ3v) is 3.46. The van der Waals surface area contributed by atoms with Crippen LogP contribution in [0.3, 0.4) is 0 Å². The lowest BCUT2D eigenvalue weighted by Gasteiger charge is -2.42. The predicted molar refractivity (Wildman–Crippen MR) is 70.1 cm³/mol. The minimum Gasteiger partial charge on any atom is -0.394 e. The molecule has 21 heavy (non-hydrogen) atoms. The van der Waals surface area contributed by atoms with Crippen LogP contribution in [0, 0.1) is 0 Å². The maximum absolute atomic E-state index is 11.3. The number of hydrogen-bond acceptors (Lipinski definition) is 7. The molecule has 1 aromatic heterocycles. The van der Waals surface area contributed by atoms with Gasteiger partial charge >= 0.3 is 0 Å². The van der Waals surface area contributed by atoms with Gasteiger partial charge in [-0.3, -0.25) is 9.48 Å². The highest BCUT2D eigenvalue weighted by Crippen LogP contribution is 2.23. The van der Waals surface area contributed by atoms with Crippen LogP contribution in [-0.2, 0) is 23.0 Å². The number of aliphatic hydroxyl groups is 3. The fourth-order valence-corrected chi connectivity index (χ4v) is 2.48. The summed E-state index contributed by atoms with van der Waals surface area (Å²) < 4.78 is 7.12. The Morgan fingerprint density at radius 1 is 1.43 bits per heavy atom. The Morgan fingerprint density at radius 2 is 2.14 bits per heavy atom. The molecule has 9 heteroatoms. The average Bonchev–Trinajstić information content (AvgIpc) is 2.83. The van der Waals surface area contributed by atoms with Crippen molar-refractivity contribution in [3.8, 4) is 0 Å². The first-order chi connectivity index (χ1) is 9.92. The number of carbonyl (C=O) groups excluding carboxylic acids is 1. The number of ether oxygens (including phenoxy) is 1. The van der Waals surface area contributed by atoms with Crippen molar-refractivity contribution >= 4 is 5.91 Å². The van der Waals surface area contributed by atoms with Gasteiger partial charge in [0, 0.05) is 26.6 Å². The van der Waals surface area contributed by atoms with Crippen LogP contribution in [0.25, 0.3) is 0 Å². The van der Waals surface area contributed by atoms with Crippen molar-refractivity contribution < 1.29 is 24.9 Å². The fraction of sp³-hybridized carbons (Fsp3) is 0.750. The van der Waals surface area contributed by atoms with Crippen molar-refractivity contribution in [2.45, 2.75) is 43.8 Å². The van der Waals surface area contributed by atoms with E-state index in [2.05, 4.69) is 15.6 Å². The molecule has 1 fully saturated rings. The van der Waals surface area contributed by atoms with Crippen molar-refractivity contribution in [1.82, 2.24) is 20.3 Å². The summed E-state index contributed by atoms with van der Waals surface area (Å²) in [6.07, 6.45) is -2.06. The second kappa shape index (κ2) is 6.48. The second-order valence-corrected chi connectivity index (χ2v) is 5.19. The zero-order valence-electron chi connectivity index (χ0n) is 11.9. The normalized spacial score (nSPS) is 32.9. The van der Waals surface area contributed by atoms with E-state index in [1.807, 2.05) is 0 Å². The molecule has 2 heterocycles. The number of aromatic nitrogens is 3. The number of nitrogens with zero attached hydrogens (tertiary/aromatic N) is 3. The third-order valence-electron chi connectivity index (χ3n) is 3.46. The summed E-state index contributed by atoms with van der Waals surface area (Å²) >= 11 is 0. The second-order valence-electron chi connectivity index (χ2n) is 5.19. The van der Waals surface area contributed by atoms with Gasteiger partial charge in [-0.15, -0.1) is 5.10 Å². The Labute approximate surface area is 121 Å². The molecule has 9 nitrogen and oxygen atoms in total. The smallest absolute Gasteiger partial charge is 0.217 e. The van der Waals surface area contributed by atoms with Crippen LogP contribution in [-0.4, -0.2) is 73.3 Å². The molecule has 5 atom stereocenters. The Hall–Kier alpha value is -1.55. The van der Waals surface area contributed by atoms with Gasteiger partial charge in [0.1, 0.15) is 18.3 Å². The van der Waals surface area contributed by atoms with Gasteiger partial charge in [-0.1, -0.05) is 5.21 Å². The number of nitrogens with one attached hydrogen (secondary N) is 1. The van der Waals surface area contributed by atoms with E-state index in [-0.39, 0.29) is 5.91 Å². The Morgan fingerprint density at radius 3 is 2.67 bits per heavy atom. The van der Waals surface area contributed by atoms with Crippen LogP contribution in [0.5, 0.6) is 0 Å². The molecule has 2 rings (SSSR count). The van der Waals surface area contributed by atoms with Gasteiger partial charge in [-0.05, 0) is 0 Å². The highest BCUT2D eigenvalue weighted by molar-refractivity contribution is 5.73. The Bertz CT molecular complexity index is 494. The summed E-state index contributed by atoms with van der Waals surface area (Å²) in [6.45, 7) is 0.888. The van der Waals surface area contributed by atoms with E-state index in [1.165, 1.54) is 11.6 Å². The number of amides is 1. The van der Waals surface area contributed by atoms with Crippen molar-refractivity contribution in [3.63, 3.8) is 0 Å². The number of rotatable bonds is 4. The van der Waals surface area contributed by atoms with E-state index >= 15 is 0 Å². The van der Waals surface area contributed by atoms with Crippen LogP contribution >= 0.6 is 0 Å². The maximum atomic E-state index is 11.3. The Kier molecular flexibility index (Phi) is 4.88. The van der Waals surface area contributed by atoms with E-state index in [1.54, 1.807) is 13.2 Å². The zero-order chi connectivity index (χ0) is 15.6. The van der Waals surface area contributed by atoms with Gasteiger partial charge in [-0.25, -0.2) is 0 Å². The monoisotopic (exact) mass is 300 g/mol. The quantitative estimate of drug-likeness (QED) is 0.477. The van der Waals surface area contributed by atoms with Gasteiger partial charge in [0.15, 0.2) is 0 Å². The van der Waals surface area contributed by atoms with Gasteiger partial charge < -0.3 is 25.4 Å². The van der Waals surface area contributed by atoms with Crippen LogP contribution < -0.4 is 5.32 Å². The van der Waals surface area contributed by atoms with E-state index in [0.29, 0.717) is 12.1 Å². The lowest BCUT2D eigenvalue weighted by Crippen LogP contribution is -2.64. The summed E-state index contributed by atoms with van der Waals surface area (Å²) in [5.41, 5.74) is 0.623. The summed E-state index contributed by atoms with van der Waals surface area (Å²) in [6, 6.07) is -0.790. The molecule has 1 aliphatic rings. The first kappa shape index (κ1) is 15.8. The van der Waals surface area contributed by atoms with Crippen molar-refractivity contribution in [3.05, 3.63) is 11.9 Å². The highest BCUT2D eigenvalue weighted by atomic mass is 16.5. The summed E-state index contributed by atoms with van der Waals surface area (Å²) in [5.74, 6) is -0.346. The summed E-state index contributed by atoms with van der Waals surface area (Å²) in [4.78, 5) is 11.3. The third kappa shape index (κ3) is 3.56. The minimum atomic E-state index is -1.27. The largest absolute Gasteiger partial charge is 0.394 e. The SMILES string of the molecule is CC(=O)NC1[C@H](Cc2cn(C)nn2)O[C@H](CO)[C@H](O)[C@@H]1O. The van der Waals surface area contributed by atoms with Crippen LogP contribution in [0.2, 0.25) is 0 Å². The first-order valence-corrected chi connectivity index (χ1v) is 6.67. The minimum absolute atomic E-state index is 0.291. The van der Waals surface area contributed by atoms with Crippen molar-refractivity contribution in [2.75, 3.05) is 6.61 Å². The molecular weight excluding hydrogens is 280 g/mol. The first-order valence-electron chi connectivity index (χ1n) is 6.67. The highest BCUT2D eigenvalue weighted by Gasteiger charge is 2.44. The molecule has 0 saturated carbocycles. The molecule has 0 aromatic carbocycles. The molecule has 1 saturated heterocycles. The molecule has 1 aliphatic heterocycles. The lowest BCUT2D eigenvalue weighted by atomic mass is 9.90.